The van der Waals surface area contributed by atoms with E-state index in [9.17, 15) is 23.1 Å². The van der Waals surface area contributed by atoms with Crippen LogP contribution in [0.1, 0.15) is 38.3 Å². The molecule has 1 aromatic heterocycles. The van der Waals surface area contributed by atoms with E-state index in [-0.39, 0.29) is 5.82 Å². The van der Waals surface area contributed by atoms with E-state index in [1.165, 1.54) is 0 Å². The third-order valence-electron chi connectivity index (χ3n) is 3.86. The van der Waals surface area contributed by atoms with Gasteiger partial charge in [0.25, 0.3) is 0 Å². The molecule has 1 heterocycles. The largest absolute Gasteiger partial charge is 0.480 e. The number of aromatic nitrogens is 2. The van der Waals surface area contributed by atoms with Crippen molar-refractivity contribution in [2.75, 3.05) is 5.32 Å². The summed E-state index contributed by atoms with van der Waals surface area (Å²) in [6, 6.07) is 1.90. The Kier molecular flexibility index (Phi) is 4.06. The zero-order valence-electron chi connectivity index (χ0n) is 11.4. The van der Waals surface area contributed by atoms with E-state index in [1.807, 2.05) is 6.92 Å². The van der Waals surface area contributed by atoms with Gasteiger partial charge in [-0.05, 0) is 43.7 Å². The van der Waals surface area contributed by atoms with Crippen LogP contribution in [0.5, 0.6) is 0 Å². The van der Waals surface area contributed by atoms with Crippen molar-refractivity contribution in [2.24, 2.45) is 5.92 Å². The predicted molar refractivity (Wildman–Crippen MR) is 68.7 cm³/mol. The van der Waals surface area contributed by atoms with Crippen molar-refractivity contribution in [3.05, 3.63) is 17.8 Å². The fourth-order valence-electron chi connectivity index (χ4n) is 2.44. The van der Waals surface area contributed by atoms with Crippen molar-refractivity contribution < 1.29 is 23.1 Å². The molecular weight excluding hydrogens is 287 g/mol. The summed E-state index contributed by atoms with van der Waals surface area (Å²) in [5.74, 6) is -0.533. The van der Waals surface area contributed by atoms with E-state index >= 15 is 0 Å². The first kappa shape index (κ1) is 15.5. The molecule has 116 valence electrons. The lowest BCUT2D eigenvalue weighted by atomic mass is 9.77. The minimum Gasteiger partial charge on any atom is -0.480 e. The molecule has 0 saturated heterocycles. The summed E-state index contributed by atoms with van der Waals surface area (Å²) in [5.41, 5.74) is -2.28. The molecule has 0 bridgehead atoms. The first-order chi connectivity index (χ1) is 9.73. The fourth-order valence-corrected chi connectivity index (χ4v) is 2.44. The van der Waals surface area contributed by atoms with Gasteiger partial charge in [-0.2, -0.15) is 13.2 Å². The monoisotopic (exact) mass is 303 g/mol. The smallest absolute Gasteiger partial charge is 0.435 e. The van der Waals surface area contributed by atoms with Crippen LogP contribution in [0.25, 0.3) is 0 Å². The molecule has 1 fully saturated rings. The van der Waals surface area contributed by atoms with Crippen LogP contribution >= 0.6 is 0 Å². The zero-order chi connectivity index (χ0) is 15.7. The molecular formula is C13H16F3N3O2. The number of anilines is 1. The van der Waals surface area contributed by atoms with Gasteiger partial charge >= 0.3 is 12.1 Å². The number of alkyl halides is 3. The van der Waals surface area contributed by atoms with Crippen LogP contribution in [0, 0.1) is 5.92 Å². The number of halogens is 3. The topological polar surface area (TPSA) is 75.1 Å². The third-order valence-corrected chi connectivity index (χ3v) is 3.86. The molecule has 0 unspecified atom stereocenters. The van der Waals surface area contributed by atoms with Crippen molar-refractivity contribution in [1.82, 2.24) is 10.2 Å². The highest BCUT2D eigenvalue weighted by Gasteiger charge is 2.41. The lowest BCUT2D eigenvalue weighted by molar-refractivity contribution is -0.144. The number of carbonyl (C=O) groups is 1. The molecule has 1 aromatic rings. The van der Waals surface area contributed by atoms with E-state index in [4.69, 9.17) is 0 Å². The van der Waals surface area contributed by atoms with Gasteiger partial charge in [0.05, 0.1) is 0 Å². The van der Waals surface area contributed by atoms with Gasteiger partial charge in [-0.3, -0.25) is 0 Å². The Labute approximate surface area is 119 Å². The van der Waals surface area contributed by atoms with Gasteiger partial charge in [0.2, 0.25) is 0 Å². The summed E-state index contributed by atoms with van der Waals surface area (Å²) in [6.07, 6.45) is -2.25. The summed E-state index contributed by atoms with van der Waals surface area (Å²) in [7, 11) is 0. The van der Waals surface area contributed by atoms with Gasteiger partial charge in [-0.1, -0.05) is 6.92 Å². The number of carboxylic acids is 1. The molecule has 0 aromatic carbocycles. The number of hydrogen-bond acceptors (Lipinski definition) is 4. The molecule has 0 atom stereocenters. The van der Waals surface area contributed by atoms with Gasteiger partial charge in [0.1, 0.15) is 11.4 Å². The second-order valence-electron chi connectivity index (χ2n) is 5.50. The number of nitrogens with one attached hydrogen (secondary N) is 1. The molecule has 21 heavy (non-hydrogen) atoms. The maximum Gasteiger partial charge on any atom is 0.435 e. The number of rotatable bonds is 3. The van der Waals surface area contributed by atoms with Crippen molar-refractivity contribution in [1.29, 1.82) is 0 Å². The van der Waals surface area contributed by atoms with Crippen LogP contribution < -0.4 is 5.32 Å². The van der Waals surface area contributed by atoms with Crippen LogP contribution in [-0.2, 0) is 11.0 Å². The van der Waals surface area contributed by atoms with Crippen LogP contribution in [-0.4, -0.2) is 26.8 Å². The summed E-state index contributed by atoms with van der Waals surface area (Å²) in [4.78, 5) is 11.5. The molecule has 0 radical (unpaired) electrons. The molecule has 0 aliphatic heterocycles. The average molecular weight is 303 g/mol. The Morgan fingerprint density at radius 1 is 1.33 bits per heavy atom. The fraction of sp³-hybridized carbons (Fsp3) is 0.615. The Bertz CT molecular complexity index is 508. The Morgan fingerprint density at radius 3 is 2.38 bits per heavy atom. The molecule has 5 nitrogen and oxygen atoms in total. The number of nitrogens with zero attached hydrogens (tertiary/aromatic N) is 2. The van der Waals surface area contributed by atoms with Gasteiger partial charge in [-0.25, -0.2) is 4.79 Å². The second kappa shape index (κ2) is 5.50. The highest BCUT2D eigenvalue weighted by atomic mass is 19.4. The van der Waals surface area contributed by atoms with E-state index in [0.29, 0.717) is 18.8 Å². The lowest BCUT2D eigenvalue weighted by Gasteiger charge is -2.36. The molecule has 8 heteroatoms. The summed E-state index contributed by atoms with van der Waals surface area (Å²) >= 11 is 0. The molecule has 0 spiro atoms. The first-order valence-corrected chi connectivity index (χ1v) is 6.65. The van der Waals surface area contributed by atoms with E-state index < -0.39 is 23.4 Å². The standard InChI is InChI=1S/C13H16F3N3O2/c1-8-4-6-12(7-5-8,11(20)21)17-10-3-2-9(18-19-10)13(14,15)16/h2-3,8H,4-7H2,1H3,(H,17,19)(H,20,21). The first-order valence-electron chi connectivity index (χ1n) is 6.65. The lowest BCUT2D eigenvalue weighted by Crippen LogP contribution is -2.49. The Balaban J connectivity index is 2.16. The highest BCUT2D eigenvalue weighted by Crippen LogP contribution is 2.35. The quantitative estimate of drug-likeness (QED) is 0.898. The van der Waals surface area contributed by atoms with Gasteiger partial charge in [0.15, 0.2) is 5.69 Å². The minimum atomic E-state index is -4.56. The van der Waals surface area contributed by atoms with Crippen LogP contribution in [0.15, 0.2) is 12.1 Å². The van der Waals surface area contributed by atoms with Crippen LogP contribution in [0.3, 0.4) is 0 Å². The maximum atomic E-state index is 12.4. The zero-order valence-corrected chi connectivity index (χ0v) is 11.4. The molecule has 2 N–H and O–H groups in total. The van der Waals surface area contributed by atoms with E-state index in [1.54, 1.807) is 0 Å². The molecule has 1 aliphatic rings. The molecule has 1 saturated carbocycles. The Hall–Kier alpha value is -1.86. The minimum absolute atomic E-state index is 0.0416. The van der Waals surface area contributed by atoms with Crippen LogP contribution in [0.2, 0.25) is 0 Å². The number of carboxylic acid groups (broad SMARTS) is 1. The van der Waals surface area contributed by atoms with Crippen molar-refractivity contribution in [2.45, 2.75) is 44.3 Å². The van der Waals surface area contributed by atoms with E-state index in [0.717, 1.165) is 25.0 Å². The van der Waals surface area contributed by atoms with E-state index in [2.05, 4.69) is 15.5 Å². The van der Waals surface area contributed by atoms with Gasteiger partial charge in [-0.15, -0.1) is 10.2 Å². The van der Waals surface area contributed by atoms with Crippen molar-refractivity contribution >= 4 is 11.8 Å². The number of aliphatic carboxylic acids is 1. The normalized spacial score (nSPS) is 26.4. The molecule has 1 aliphatic carbocycles. The average Bonchev–Trinajstić information content (AvgIpc) is 2.41. The second-order valence-corrected chi connectivity index (χ2v) is 5.50. The van der Waals surface area contributed by atoms with Crippen molar-refractivity contribution in [3.63, 3.8) is 0 Å². The third kappa shape index (κ3) is 3.43. The van der Waals surface area contributed by atoms with Crippen molar-refractivity contribution in [3.8, 4) is 0 Å². The predicted octanol–water partition coefficient (Wildman–Crippen LogP) is 2.94. The maximum absolute atomic E-state index is 12.4. The van der Waals surface area contributed by atoms with Gasteiger partial charge < -0.3 is 10.4 Å². The summed E-state index contributed by atoms with van der Waals surface area (Å²) in [5, 5.41) is 18.7. The van der Waals surface area contributed by atoms with Gasteiger partial charge in [0, 0.05) is 0 Å². The Morgan fingerprint density at radius 2 is 1.95 bits per heavy atom. The summed E-state index contributed by atoms with van der Waals surface area (Å²) < 4.78 is 37.2. The number of hydrogen-bond donors (Lipinski definition) is 2. The molecule has 2 rings (SSSR count). The summed E-state index contributed by atoms with van der Waals surface area (Å²) in [6.45, 7) is 2.05. The SMILES string of the molecule is CC1CCC(Nc2ccc(C(F)(F)F)nn2)(C(=O)O)CC1. The highest BCUT2D eigenvalue weighted by molar-refractivity contribution is 5.82. The van der Waals surface area contributed by atoms with Crippen LogP contribution in [0.4, 0.5) is 19.0 Å². The molecule has 0 amide bonds.